The molecule has 4 N–H and O–H groups in total. The Balaban J connectivity index is 1.65. The van der Waals surface area contributed by atoms with E-state index in [-0.39, 0.29) is 12.3 Å². The highest BCUT2D eigenvalue weighted by molar-refractivity contribution is 6.04. The van der Waals surface area contributed by atoms with E-state index in [2.05, 4.69) is 10.6 Å². The van der Waals surface area contributed by atoms with Gasteiger partial charge in [0.25, 0.3) is 5.91 Å². The van der Waals surface area contributed by atoms with Crippen molar-refractivity contribution in [2.75, 3.05) is 5.32 Å². The Labute approximate surface area is 198 Å². The number of hydrogen-bond acceptors (Lipinski definition) is 4. The molecule has 34 heavy (non-hydrogen) atoms. The van der Waals surface area contributed by atoms with Crippen LogP contribution in [-0.4, -0.2) is 40.0 Å². The third-order valence-electron chi connectivity index (χ3n) is 7.32. The molecule has 0 unspecified atom stereocenters. The van der Waals surface area contributed by atoms with Gasteiger partial charge >= 0.3 is 11.9 Å². The Morgan fingerprint density at radius 2 is 1.59 bits per heavy atom. The van der Waals surface area contributed by atoms with Gasteiger partial charge in [-0.15, -0.1) is 0 Å². The predicted octanol–water partition coefficient (Wildman–Crippen LogP) is 3.58. The monoisotopic (exact) mass is 466 g/mol. The van der Waals surface area contributed by atoms with Crippen LogP contribution >= 0.6 is 0 Å². The molecule has 1 fully saturated rings. The third-order valence-corrected chi connectivity index (χ3v) is 7.32. The van der Waals surface area contributed by atoms with E-state index in [1.165, 1.54) is 0 Å². The molecule has 2 aromatic carbocycles. The van der Waals surface area contributed by atoms with Crippen molar-refractivity contribution in [1.29, 1.82) is 0 Å². The van der Waals surface area contributed by atoms with E-state index in [4.69, 9.17) is 0 Å². The predicted molar refractivity (Wildman–Crippen MR) is 126 cm³/mol. The number of amides is 2. The number of benzene rings is 2. The Bertz CT molecular complexity index is 1080. The molecule has 2 amide bonds. The number of carboxylic acid groups (broad SMARTS) is 2. The van der Waals surface area contributed by atoms with Crippen LogP contribution < -0.4 is 10.6 Å². The lowest BCUT2D eigenvalue weighted by molar-refractivity contribution is -0.155. The van der Waals surface area contributed by atoms with Crippen molar-refractivity contribution in [2.24, 2.45) is 16.7 Å². The van der Waals surface area contributed by atoms with Gasteiger partial charge in [-0.05, 0) is 55.0 Å². The first-order chi connectivity index (χ1) is 16.0. The summed E-state index contributed by atoms with van der Waals surface area (Å²) in [6, 6.07) is 14.4. The normalized spacial score (nSPS) is 21.9. The van der Waals surface area contributed by atoms with Crippen molar-refractivity contribution in [3.63, 3.8) is 0 Å². The van der Waals surface area contributed by atoms with Gasteiger partial charge in [0.2, 0.25) is 5.91 Å². The Hall–Kier alpha value is -3.68. The summed E-state index contributed by atoms with van der Waals surface area (Å²) >= 11 is 0. The average Bonchev–Trinajstić information content (AvgIpc) is 3.05. The van der Waals surface area contributed by atoms with Gasteiger partial charge in [0.05, 0.1) is 5.41 Å². The summed E-state index contributed by atoms with van der Waals surface area (Å²) in [6.45, 7) is 5.13. The van der Waals surface area contributed by atoms with Crippen molar-refractivity contribution >= 4 is 29.4 Å². The summed E-state index contributed by atoms with van der Waals surface area (Å²) in [6.07, 6.45) is 0.780. The van der Waals surface area contributed by atoms with Crippen molar-refractivity contribution in [2.45, 2.75) is 46.1 Å². The highest BCUT2D eigenvalue weighted by atomic mass is 16.4. The zero-order valence-corrected chi connectivity index (χ0v) is 19.5. The summed E-state index contributed by atoms with van der Waals surface area (Å²) < 4.78 is 0. The van der Waals surface area contributed by atoms with Crippen LogP contribution in [0.4, 0.5) is 5.69 Å². The lowest BCUT2D eigenvalue weighted by Gasteiger charge is -2.38. The smallest absolute Gasteiger partial charge is 0.326 e. The van der Waals surface area contributed by atoms with Crippen LogP contribution in [0.3, 0.4) is 0 Å². The lowest BCUT2D eigenvalue weighted by atomic mass is 9.65. The molecule has 3 rings (SSSR count). The number of carbonyl (C=O) groups is 4. The molecular formula is C26H30N2O6. The molecule has 8 nitrogen and oxygen atoms in total. The van der Waals surface area contributed by atoms with Gasteiger partial charge in [-0.25, -0.2) is 4.79 Å². The zero-order valence-electron chi connectivity index (χ0n) is 19.5. The minimum atomic E-state index is -1.17. The third kappa shape index (κ3) is 4.95. The summed E-state index contributed by atoms with van der Waals surface area (Å²) in [7, 11) is 0. The zero-order chi connectivity index (χ0) is 25.1. The fourth-order valence-electron chi connectivity index (χ4n) is 4.57. The van der Waals surface area contributed by atoms with Crippen LogP contribution in [0.2, 0.25) is 0 Å². The summed E-state index contributed by atoms with van der Waals surface area (Å²) in [5.74, 6) is -3.44. The number of nitrogens with one attached hydrogen (secondary N) is 2. The SMILES string of the molecule is CC1(C)[C@@H](C(=O)N[C@@H](Cc2ccc(NC(=O)c3ccccc3)cc2)C(=O)O)CC[C@@]1(C)C(=O)O. The van der Waals surface area contributed by atoms with Gasteiger partial charge in [0.1, 0.15) is 6.04 Å². The van der Waals surface area contributed by atoms with Crippen molar-refractivity contribution in [3.05, 3.63) is 65.7 Å². The van der Waals surface area contributed by atoms with Gasteiger partial charge in [0.15, 0.2) is 0 Å². The fourth-order valence-corrected chi connectivity index (χ4v) is 4.57. The molecule has 0 saturated heterocycles. The largest absolute Gasteiger partial charge is 0.481 e. The van der Waals surface area contributed by atoms with Crippen LogP contribution in [0, 0.1) is 16.7 Å². The number of carboxylic acids is 2. The van der Waals surface area contributed by atoms with E-state index in [9.17, 15) is 29.4 Å². The van der Waals surface area contributed by atoms with Gasteiger partial charge in [-0.2, -0.15) is 0 Å². The topological polar surface area (TPSA) is 133 Å². The molecule has 0 radical (unpaired) electrons. The fraction of sp³-hybridized carbons (Fsp3) is 0.385. The second kappa shape index (κ2) is 9.67. The number of rotatable bonds is 8. The molecule has 0 aliphatic heterocycles. The molecular weight excluding hydrogens is 436 g/mol. The quantitative estimate of drug-likeness (QED) is 0.470. The number of hydrogen-bond donors (Lipinski definition) is 4. The molecule has 1 saturated carbocycles. The molecule has 3 atom stereocenters. The molecule has 1 aliphatic rings. The van der Waals surface area contributed by atoms with E-state index in [1.54, 1.807) is 69.3 Å². The van der Waals surface area contributed by atoms with Gasteiger partial charge in [0, 0.05) is 23.6 Å². The van der Waals surface area contributed by atoms with Crippen LogP contribution in [0.25, 0.3) is 0 Å². The Kier molecular flexibility index (Phi) is 7.09. The van der Waals surface area contributed by atoms with Gasteiger partial charge in [-0.1, -0.05) is 44.2 Å². The molecule has 180 valence electrons. The molecule has 2 aromatic rings. The van der Waals surface area contributed by atoms with Gasteiger partial charge < -0.3 is 20.8 Å². The Morgan fingerprint density at radius 3 is 2.12 bits per heavy atom. The minimum absolute atomic E-state index is 0.0529. The van der Waals surface area contributed by atoms with E-state index in [0.29, 0.717) is 29.7 Å². The van der Waals surface area contributed by atoms with Crippen molar-refractivity contribution in [3.8, 4) is 0 Å². The van der Waals surface area contributed by atoms with Crippen LogP contribution in [0.1, 0.15) is 49.5 Å². The van der Waals surface area contributed by atoms with Crippen LogP contribution in [0.5, 0.6) is 0 Å². The first-order valence-corrected chi connectivity index (χ1v) is 11.2. The van der Waals surface area contributed by atoms with E-state index in [1.807, 2.05) is 6.07 Å². The van der Waals surface area contributed by atoms with Crippen molar-refractivity contribution < 1.29 is 29.4 Å². The lowest BCUT2D eigenvalue weighted by Crippen LogP contribution is -2.49. The molecule has 1 aliphatic carbocycles. The minimum Gasteiger partial charge on any atom is -0.481 e. The Morgan fingerprint density at radius 1 is 0.971 bits per heavy atom. The highest BCUT2D eigenvalue weighted by Crippen LogP contribution is 2.56. The summed E-state index contributed by atoms with van der Waals surface area (Å²) in [5, 5.41) is 24.7. The van der Waals surface area contributed by atoms with Gasteiger partial charge in [-0.3, -0.25) is 14.4 Å². The molecule has 0 heterocycles. The number of aliphatic carboxylic acids is 2. The molecule has 0 spiro atoms. The highest BCUT2D eigenvalue weighted by Gasteiger charge is 2.58. The van der Waals surface area contributed by atoms with Crippen molar-refractivity contribution in [1.82, 2.24) is 5.32 Å². The summed E-state index contributed by atoms with van der Waals surface area (Å²) in [5.41, 5.74) is -0.132. The van der Waals surface area contributed by atoms with E-state index < -0.39 is 40.6 Å². The van der Waals surface area contributed by atoms with E-state index in [0.717, 1.165) is 0 Å². The number of anilines is 1. The second-order valence-corrected chi connectivity index (χ2v) is 9.57. The maximum Gasteiger partial charge on any atom is 0.326 e. The molecule has 0 aromatic heterocycles. The summed E-state index contributed by atoms with van der Waals surface area (Å²) in [4.78, 5) is 48.9. The average molecular weight is 467 g/mol. The second-order valence-electron chi connectivity index (χ2n) is 9.57. The standard InChI is InChI=1S/C26H30N2O6/c1-25(2)19(13-14-26(25,3)24(33)34)22(30)28-20(23(31)32)15-16-9-11-18(12-10-16)27-21(29)17-7-5-4-6-8-17/h4-12,19-20H,13-15H2,1-3H3,(H,27,29)(H,28,30)(H,31,32)(H,33,34)/t19-,20+,26+/m1/s1. The van der Waals surface area contributed by atoms with Crippen LogP contribution in [-0.2, 0) is 20.8 Å². The maximum atomic E-state index is 13.0. The number of carbonyl (C=O) groups excluding carboxylic acids is 2. The first-order valence-electron chi connectivity index (χ1n) is 11.2. The van der Waals surface area contributed by atoms with E-state index >= 15 is 0 Å². The van der Waals surface area contributed by atoms with Crippen LogP contribution in [0.15, 0.2) is 54.6 Å². The first kappa shape index (κ1) is 25.0. The molecule has 0 bridgehead atoms. The maximum absolute atomic E-state index is 13.0. The molecule has 8 heteroatoms.